The van der Waals surface area contributed by atoms with Crippen LogP contribution in [0.5, 0.6) is 0 Å². The van der Waals surface area contributed by atoms with Crippen LogP contribution in [-0.4, -0.2) is 50.7 Å². The molecule has 0 N–H and O–H groups in total. The summed E-state index contributed by atoms with van der Waals surface area (Å²) < 4.78 is 8.97. The second kappa shape index (κ2) is 5.53. The van der Waals surface area contributed by atoms with E-state index in [0.717, 1.165) is 0 Å². The lowest BCUT2D eigenvalue weighted by atomic mass is 10.3. The van der Waals surface area contributed by atoms with Gasteiger partial charge < -0.3 is 9.47 Å². The van der Waals surface area contributed by atoms with Gasteiger partial charge in [-0.05, 0) is 14.0 Å². The Balaban J connectivity index is 4.02. The van der Waals surface area contributed by atoms with Crippen molar-refractivity contribution in [3.63, 3.8) is 0 Å². The molecule has 0 aromatic carbocycles. The third kappa shape index (κ3) is 3.89. The van der Waals surface area contributed by atoms with E-state index in [1.165, 1.54) is 14.2 Å². The van der Waals surface area contributed by atoms with Gasteiger partial charge in [-0.1, -0.05) is 0 Å². The molecule has 0 aromatic heterocycles. The average molecular weight is 189 g/mol. The van der Waals surface area contributed by atoms with Crippen LogP contribution in [0.3, 0.4) is 0 Å². The van der Waals surface area contributed by atoms with Crippen LogP contribution in [0.1, 0.15) is 6.92 Å². The Labute approximate surface area is 77.6 Å². The Morgan fingerprint density at radius 2 is 1.85 bits per heavy atom. The molecule has 0 saturated heterocycles. The molecule has 1 atom stereocenters. The van der Waals surface area contributed by atoms with Gasteiger partial charge in [0.25, 0.3) is 0 Å². The Hall–Kier alpha value is -1.10. The van der Waals surface area contributed by atoms with E-state index in [1.54, 1.807) is 18.9 Å². The van der Waals surface area contributed by atoms with Gasteiger partial charge in [-0.2, -0.15) is 0 Å². The molecule has 5 heteroatoms. The molecule has 0 bridgehead atoms. The smallest absolute Gasteiger partial charge is 0.322 e. The lowest BCUT2D eigenvalue weighted by molar-refractivity contribution is -0.148. The number of carbonyl (C=O) groups excluding carboxylic acids is 2. The van der Waals surface area contributed by atoms with Gasteiger partial charge in [0.15, 0.2) is 0 Å². The van der Waals surface area contributed by atoms with Gasteiger partial charge in [-0.25, -0.2) is 0 Å². The minimum absolute atomic E-state index is 0.0762. The molecule has 13 heavy (non-hydrogen) atoms. The van der Waals surface area contributed by atoms with Gasteiger partial charge >= 0.3 is 11.9 Å². The van der Waals surface area contributed by atoms with Crippen LogP contribution < -0.4 is 0 Å². The minimum atomic E-state index is -0.441. The van der Waals surface area contributed by atoms with Crippen LogP contribution in [0.4, 0.5) is 0 Å². The maximum absolute atomic E-state index is 11.0. The van der Waals surface area contributed by atoms with Crippen LogP contribution in [0.2, 0.25) is 0 Å². The van der Waals surface area contributed by atoms with Crippen molar-refractivity contribution in [2.75, 3.05) is 27.8 Å². The van der Waals surface area contributed by atoms with Crippen molar-refractivity contribution in [3.05, 3.63) is 0 Å². The molecule has 1 unspecified atom stereocenters. The molecule has 0 rings (SSSR count). The largest absolute Gasteiger partial charge is 0.468 e. The molecule has 0 fully saturated rings. The molecule has 0 radical (unpaired) electrons. The van der Waals surface area contributed by atoms with Crippen molar-refractivity contribution >= 4 is 11.9 Å². The molecule has 0 aliphatic rings. The van der Waals surface area contributed by atoms with Crippen molar-refractivity contribution in [1.82, 2.24) is 4.90 Å². The summed E-state index contributed by atoms with van der Waals surface area (Å²) in [5, 5.41) is 0. The molecule has 5 nitrogen and oxygen atoms in total. The molecule has 0 spiro atoms. The number of ether oxygens (including phenoxy) is 2. The van der Waals surface area contributed by atoms with E-state index in [2.05, 4.69) is 9.47 Å². The topological polar surface area (TPSA) is 55.8 Å². The van der Waals surface area contributed by atoms with E-state index in [-0.39, 0.29) is 18.5 Å². The van der Waals surface area contributed by atoms with Crippen molar-refractivity contribution < 1.29 is 19.1 Å². The van der Waals surface area contributed by atoms with Crippen LogP contribution in [0, 0.1) is 0 Å². The second-order valence-electron chi connectivity index (χ2n) is 2.69. The van der Waals surface area contributed by atoms with E-state index in [4.69, 9.17) is 0 Å². The first kappa shape index (κ1) is 11.9. The number of methoxy groups -OCH3 is 2. The quantitative estimate of drug-likeness (QED) is 0.566. The molecule has 0 saturated carbocycles. The standard InChI is InChI=1S/C8H15NO4/c1-6(8(11)13-4)9(2)5-7(10)12-3/h6H,5H2,1-4H3. The number of rotatable bonds is 4. The summed E-state index contributed by atoms with van der Waals surface area (Å²) in [5.41, 5.74) is 0. The average Bonchev–Trinajstić information content (AvgIpc) is 2.14. The molecule has 0 heterocycles. The maximum Gasteiger partial charge on any atom is 0.322 e. The summed E-state index contributed by atoms with van der Waals surface area (Å²) in [6.45, 7) is 1.74. The Morgan fingerprint density at radius 3 is 2.23 bits per heavy atom. The predicted molar refractivity (Wildman–Crippen MR) is 46.1 cm³/mol. The highest BCUT2D eigenvalue weighted by Gasteiger charge is 2.20. The van der Waals surface area contributed by atoms with Gasteiger partial charge in [0.2, 0.25) is 0 Å². The predicted octanol–water partition coefficient (Wildman–Crippen LogP) is -0.347. The van der Waals surface area contributed by atoms with Crippen LogP contribution in [-0.2, 0) is 19.1 Å². The molecule has 0 aromatic rings. The zero-order valence-electron chi connectivity index (χ0n) is 8.36. The SMILES string of the molecule is COC(=O)CN(C)C(C)C(=O)OC. The summed E-state index contributed by atoms with van der Waals surface area (Å²) in [6, 6.07) is -0.441. The lowest BCUT2D eigenvalue weighted by Crippen LogP contribution is -2.40. The molecule has 76 valence electrons. The molecule has 0 aliphatic heterocycles. The number of esters is 2. The van der Waals surface area contributed by atoms with Crippen LogP contribution >= 0.6 is 0 Å². The van der Waals surface area contributed by atoms with Crippen molar-refractivity contribution in [3.8, 4) is 0 Å². The van der Waals surface area contributed by atoms with Crippen molar-refractivity contribution in [2.24, 2.45) is 0 Å². The first-order chi connectivity index (χ1) is 6.02. The van der Waals surface area contributed by atoms with Gasteiger partial charge in [0, 0.05) is 0 Å². The highest BCUT2D eigenvalue weighted by molar-refractivity contribution is 5.77. The molecule has 0 amide bonds. The van der Waals surface area contributed by atoms with Gasteiger partial charge in [-0.3, -0.25) is 14.5 Å². The Kier molecular flexibility index (Phi) is 5.06. The normalized spacial score (nSPS) is 12.4. The highest BCUT2D eigenvalue weighted by atomic mass is 16.5. The number of carbonyl (C=O) groups is 2. The van der Waals surface area contributed by atoms with E-state index in [0.29, 0.717) is 0 Å². The van der Waals surface area contributed by atoms with Crippen molar-refractivity contribution in [2.45, 2.75) is 13.0 Å². The third-order valence-corrected chi connectivity index (χ3v) is 1.81. The van der Waals surface area contributed by atoms with E-state index < -0.39 is 6.04 Å². The maximum atomic E-state index is 11.0. The summed E-state index contributed by atoms with van der Waals surface area (Å²) in [6.07, 6.45) is 0. The van der Waals surface area contributed by atoms with Gasteiger partial charge in [0.1, 0.15) is 6.04 Å². The first-order valence-electron chi connectivity index (χ1n) is 3.87. The molecular formula is C8H15NO4. The summed E-state index contributed by atoms with van der Waals surface area (Å²) in [4.78, 5) is 23.4. The van der Waals surface area contributed by atoms with E-state index in [1.807, 2.05) is 0 Å². The van der Waals surface area contributed by atoms with Gasteiger partial charge in [-0.15, -0.1) is 0 Å². The Bertz CT molecular complexity index is 193. The molecular weight excluding hydrogens is 174 g/mol. The van der Waals surface area contributed by atoms with E-state index in [9.17, 15) is 9.59 Å². The number of hydrogen-bond acceptors (Lipinski definition) is 5. The van der Waals surface area contributed by atoms with Gasteiger partial charge in [0.05, 0.1) is 20.8 Å². The number of likely N-dealkylation sites (N-methyl/N-ethyl adjacent to an activating group) is 1. The Morgan fingerprint density at radius 1 is 1.31 bits per heavy atom. The summed E-state index contributed by atoms with van der Waals surface area (Å²) in [5.74, 6) is -0.746. The van der Waals surface area contributed by atoms with Crippen LogP contribution in [0.15, 0.2) is 0 Å². The second-order valence-corrected chi connectivity index (χ2v) is 2.69. The number of hydrogen-bond donors (Lipinski definition) is 0. The monoisotopic (exact) mass is 189 g/mol. The fourth-order valence-electron chi connectivity index (χ4n) is 0.756. The summed E-state index contributed by atoms with van der Waals surface area (Å²) >= 11 is 0. The number of nitrogens with zero attached hydrogens (tertiary/aromatic N) is 1. The van der Waals surface area contributed by atoms with Crippen molar-refractivity contribution in [1.29, 1.82) is 0 Å². The fraction of sp³-hybridized carbons (Fsp3) is 0.750. The zero-order chi connectivity index (χ0) is 10.4. The van der Waals surface area contributed by atoms with E-state index >= 15 is 0 Å². The molecule has 0 aliphatic carbocycles. The van der Waals surface area contributed by atoms with Crippen LogP contribution in [0.25, 0.3) is 0 Å². The minimum Gasteiger partial charge on any atom is -0.468 e. The summed E-state index contributed by atoms with van der Waals surface area (Å²) in [7, 11) is 4.27. The third-order valence-electron chi connectivity index (χ3n) is 1.81. The fourth-order valence-corrected chi connectivity index (χ4v) is 0.756. The lowest BCUT2D eigenvalue weighted by Gasteiger charge is -2.20. The highest BCUT2D eigenvalue weighted by Crippen LogP contribution is 1.97. The first-order valence-corrected chi connectivity index (χ1v) is 3.87. The zero-order valence-corrected chi connectivity index (χ0v) is 8.36.